The Morgan fingerprint density at radius 1 is 0.850 bits per heavy atom. The number of hydrogen-bond acceptors (Lipinski definition) is 1. The molecule has 1 nitrogen and oxygen atoms in total. The largest absolute Gasteiger partial charge is 3.00 e. The fourth-order valence-electron chi connectivity index (χ4n) is 1.88. The quantitative estimate of drug-likeness (QED) is 0.554. The summed E-state index contributed by atoms with van der Waals surface area (Å²) in [4.78, 5) is 3.48. The van der Waals surface area contributed by atoms with Gasteiger partial charge in [-0.05, 0) is 20.8 Å². The average Bonchev–Trinajstić information content (AvgIpc) is 2.30. The van der Waals surface area contributed by atoms with Crippen LogP contribution in [0.3, 0.4) is 0 Å². The molecule has 20 heavy (non-hydrogen) atoms. The Morgan fingerprint density at radius 2 is 1.15 bits per heavy atom. The molecule has 1 N–H and O–H groups in total. The Labute approximate surface area is 145 Å². The molecule has 0 spiro atoms. The van der Waals surface area contributed by atoms with Gasteiger partial charge in [-0.1, -0.05) is 40.8 Å². The zero-order chi connectivity index (χ0) is 13.8. The van der Waals surface area contributed by atoms with Gasteiger partial charge in [-0.3, -0.25) is 0 Å². The minimum Gasteiger partial charge on any atom is -0.358 e. The first-order chi connectivity index (χ1) is 7.54. The molecule has 3 heteroatoms. The van der Waals surface area contributed by atoms with E-state index < -0.39 is 0 Å². The van der Waals surface area contributed by atoms with Crippen molar-refractivity contribution in [2.24, 2.45) is 0 Å². The second-order valence-corrected chi connectivity index (χ2v) is 8.39. The first kappa shape index (κ1) is 28.4. The van der Waals surface area contributed by atoms with E-state index >= 15 is 0 Å². The fraction of sp³-hybridized carbons (Fsp3) is 0.588. The van der Waals surface area contributed by atoms with E-state index in [2.05, 4.69) is 72.6 Å². The van der Waals surface area contributed by atoms with Crippen LogP contribution in [0.4, 0.5) is 0 Å². The van der Waals surface area contributed by atoms with Gasteiger partial charge in [-0.2, -0.15) is 28.3 Å². The molecular weight excluding hydrogens is 294 g/mol. The van der Waals surface area contributed by atoms with Crippen LogP contribution in [0.1, 0.15) is 43.0 Å². The van der Waals surface area contributed by atoms with Crippen molar-refractivity contribution in [2.45, 2.75) is 67.1 Å². The van der Waals surface area contributed by atoms with Crippen molar-refractivity contribution in [3.63, 3.8) is 0 Å². The molecule has 0 saturated heterocycles. The van der Waals surface area contributed by atoms with Crippen LogP contribution < -0.4 is 4.98 Å². The van der Waals surface area contributed by atoms with Gasteiger partial charge in [-0.15, -0.1) is 0 Å². The molecule has 1 aromatic rings. The van der Waals surface area contributed by atoms with Gasteiger partial charge in [0.15, 0.2) is 0 Å². The van der Waals surface area contributed by atoms with Gasteiger partial charge in [0.25, 0.3) is 0 Å². The molecule has 0 aliphatic heterocycles. The summed E-state index contributed by atoms with van der Waals surface area (Å²) >= 11 is 0. The Balaban J connectivity index is -0.000000112. The van der Waals surface area contributed by atoms with E-state index in [1.54, 1.807) is 0 Å². The second-order valence-electron chi connectivity index (χ2n) is 6.14. The third-order valence-corrected chi connectivity index (χ3v) is 4.05. The van der Waals surface area contributed by atoms with Crippen LogP contribution in [0.25, 0.3) is 0 Å². The zero-order valence-corrected chi connectivity index (χ0v) is 18.1. The molecule has 1 aromatic carbocycles. The van der Waals surface area contributed by atoms with Crippen LogP contribution >= 0.6 is 0 Å². The number of hydrogen-bond donors (Lipinski definition) is 1. The zero-order valence-electron chi connectivity index (χ0n) is 15.6. The molecule has 0 fully saturated rings. The summed E-state index contributed by atoms with van der Waals surface area (Å²) in [5, 5.41) is 0. The minimum absolute atomic E-state index is 0. The molecule has 2 radical (unpaired) electrons. The van der Waals surface area contributed by atoms with Gasteiger partial charge in [-0.25, -0.2) is 0 Å². The normalized spacial score (nSPS) is 9.70. The van der Waals surface area contributed by atoms with Crippen LogP contribution in [0, 0.1) is 42.5 Å². The number of aryl methyl sites for hydroxylation is 2. The van der Waals surface area contributed by atoms with Crippen LogP contribution in [-0.4, -0.2) is 14.5 Å². The van der Waals surface area contributed by atoms with Crippen molar-refractivity contribution < 1.29 is 21.7 Å². The molecule has 0 atom stereocenters. The molecule has 0 aliphatic rings. The van der Waals surface area contributed by atoms with Crippen molar-refractivity contribution in [3.05, 3.63) is 43.2 Å². The predicted octanol–water partition coefficient (Wildman–Crippen LogP) is 5.16. The Morgan fingerprint density at radius 3 is 1.20 bits per heavy atom. The Hall–Kier alpha value is 0.241. The van der Waals surface area contributed by atoms with E-state index in [-0.39, 0.29) is 45.5 Å². The maximum Gasteiger partial charge on any atom is 3.00 e. The molecule has 0 aliphatic carbocycles. The van der Waals surface area contributed by atoms with Crippen molar-refractivity contribution >= 4 is 8.96 Å². The average molecular weight is 329 g/mol. The molecule has 0 heterocycles. The smallest absolute Gasteiger partial charge is 0.358 e. The molecule has 0 amide bonds. The Kier molecular flexibility index (Phi) is 16.8. The van der Waals surface area contributed by atoms with Crippen molar-refractivity contribution in [3.8, 4) is 0 Å². The second kappa shape index (κ2) is 11.9. The number of rotatable bonds is 1. The van der Waals surface area contributed by atoms with E-state index in [1.807, 2.05) is 0 Å². The minimum atomic E-state index is -0.242. The van der Waals surface area contributed by atoms with E-state index in [1.165, 1.54) is 22.3 Å². The summed E-state index contributed by atoms with van der Waals surface area (Å²) in [7, 11) is -0.242. The third-order valence-electron chi connectivity index (χ3n) is 2.80. The molecule has 0 saturated carbocycles. The maximum atomic E-state index is 3.48. The van der Waals surface area contributed by atoms with Gasteiger partial charge in [0.2, 0.25) is 0 Å². The first-order valence-electron chi connectivity index (χ1n) is 6.33. The van der Waals surface area contributed by atoms with Crippen LogP contribution in [0.15, 0.2) is 6.07 Å². The molecule has 0 aromatic heterocycles. The van der Waals surface area contributed by atoms with Gasteiger partial charge in [0.1, 0.15) is 8.96 Å². The van der Waals surface area contributed by atoms with Gasteiger partial charge in [0.05, 0.1) is 0 Å². The monoisotopic (exact) mass is 329 g/mol. The summed E-state index contributed by atoms with van der Waals surface area (Å²) in [6, 6.07) is 2.24. The van der Waals surface area contributed by atoms with Crippen LogP contribution in [-0.2, 0) is 21.7 Å². The summed E-state index contributed by atoms with van der Waals surface area (Å²) in [6.45, 7) is 19.8. The molecule has 0 unspecified atom stereocenters. The van der Waals surface area contributed by atoms with Crippen LogP contribution in [0.2, 0.25) is 13.1 Å². The number of nitrogens with one attached hydrogen (secondary N) is 1. The maximum absolute atomic E-state index is 3.48. The summed E-state index contributed by atoms with van der Waals surface area (Å²) < 4.78 is 0. The molecule has 1 rings (SSSR count). The fourth-order valence-corrected chi connectivity index (χ4v) is 3.38. The van der Waals surface area contributed by atoms with Crippen molar-refractivity contribution in [1.29, 1.82) is 0 Å². The standard InChI is InChI=1S/C9H13.C6H16NSi.2CH3.Ti/c1-6-5-7(2)9(4)8(6)3;1-6(2,3)7-8(4)5;;;/h5H,1-4H3;7H,1-5H3;2*1H3;/q-1;;2*-1;+3. The van der Waals surface area contributed by atoms with E-state index in [0.717, 1.165) is 0 Å². The third kappa shape index (κ3) is 12.0. The summed E-state index contributed by atoms with van der Waals surface area (Å²) in [6.07, 6.45) is 0. The molecule has 0 bridgehead atoms. The van der Waals surface area contributed by atoms with E-state index in [9.17, 15) is 0 Å². The summed E-state index contributed by atoms with van der Waals surface area (Å²) in [5.74, 6) is 0. The first-order valence-corrected chi connectivity index (χ1v) is 8.83. The molecule has 116 valence electrons. The van der Waals surface area contributed by atoms with Crippen LogP contribution in [0.5, 0.6) is 0 Å². The van der Waals surface area contributed by atoms with Gasteiger partial charge in [0, 0.05) is 5.54 Å². The Bertz CT molecular complexity index is 326. The summed E-state index contributed by atoms with van der Waals surface area (Å²) in [5.41, 5.74) is 6.06. The molecular formula is C17H35NSiTi. The predicted molar refractivity (Wildman–Crippen MR) is 94.2 cm³/mol. The van der Waals surface area contributed by atoms with Crippen molar-refractivity contribution in [2.75, 3.05) is 0 Å². The van der Waals surface area contributed by atoms with E-state index in [0.29, 0.717) is 5.54 Å². The van der Waals surface area contributed by atoms with Crippen molar-refractivity contribution in [1.82, 2.24) is 4.98 Å². The van der Waals surface area contributed by atoms with E-state index in [4.69, 9.17) is 0 Å². The van der Waals surface area contributed by atoms with Gasteiger partial charge >= 0.3 is 21.7 Å². The SMILES string of the molecule is C[Si](C)NC(C)(C)C.Cc1[cH-]c(C)c(C)c1C.[CH3-].[CH3-].[Ti+3]. The van der Waals surface area contributed by atoms with Gasteiger partial charge < -0.3 is 19.8 Å². The topological polar surface area (TPSA) is 12.0 Å².